The quantitative estimate of drug-likeness (QED) is 0.592. The topological polar surface area (TPSA) is 92.7 Å². The number of amides is 1. The van der Waals surface area contributed by atoms with Gasteiger partial charge in [0.05, 0.1) is 10.6 Å². The summed E-state index contributed by atoms with van der Waals surface area (Å²) in [7, 11) is -3.50. The van der Waals surface area contributed by atoms with E-state index in [1.165, 1.54) is 17.6 Å². The van der Waals surface area contributed by atoms with Gasteiger partial charge >= 0.3 is 0 Å². The van der Waals surface area contributed by atoms with Crippen LogP contribution in [0.4, 0.5) is 0 Å². The minimum Gasteiger partial charge on any atom is -0.457 e. The van der Waals surface area contributed by atoms with Gasteiger partial charge in [0.25, 0.3) is 0 Å². The van der Waals surface area contributed by atoms with E-state index in [9.17, 15) is 13.2 Å². The molecule has 0 aliphatic heterocycles. The molecule has 1 unspecified atom stereocenters. The molecule has 0 saturated carbocycles. The molecule has 0 fully saturated rings. The van der Waals surface area contributed by atoms with Crippen LogP contribution in [0.1, 0.15) is 13.3 Å². The molecule has 0 aromatic heterocycles. The highest BCUT2D eigenvalue weighted by Gasteiger charge is 2.19. The van der Waals surface area contributed by atoms with Crippen LogP contribution in [-0.4, -0.2) is 25.3 Å². The van der Waals surface area contributed by atoms with Crippen LogP contribution in [0.5, 0.6) is 11.5 Å². The molecule has 0 aliphatic carbocycles. The molecule has 0 aliphatic rings. The molecule has 7 heteroatoms. The number of hydrogen-bond donors (Lipinski definition) is 2. The Morgan fingerprint density at radius 3 is 2.25 bits per heavy atom. The van der Waals surface area contributed by atoms with Gasteiger partial charge in [-0.05, 0) is 42.8 Å². The van der Waals surface area contributed by atoms with Crippen LogP contribution in [-0.2, 0) is 14.6 Å². The molecule has 2 rings (SSSR count). The van der Waals surface area contributed by atoms with Crippen LogP contribution in [0.25, 0.3) is 0 Å². The van der Waals surface area contributed by atoms with Gasteiger partial charge in [0.1, 0.15) is 11.5 Å². The first-order chi connectivity index (χ1) is 11.4. The molecule has 24 heavy (non-hydrogen) atoms. The lowest BCUT2D eigenvalue weighted by Gasteiger charge is -2.10. The average molecular weight is 349 g/mol. The number of hydrogen-bond acceptors (Lipinski definition) is 5. The van der Waals surface area contributed by atoms with Gasteiger partial charge in [-0.3, -0.25) is 10.0 Å². The van der Waals surface area contributed by atoms with Crippen LogP contribution in [0.15, 0.2) is 59.5 Å². The summed E-state index contributed by atoms with van der Waals surface area (Å²) in [5.74, 6) is -0.173. The Morgan fingerprint density at radius 2 is 1.67 bits per heavy atom. The standard InChI is InChI=1S/C17H19NO5S/c1-13(17(19)18-20)11-12-24(21,22)16-9-7-15(8-10-16)23-14-5-3-2-4-6-14/h2-10,13,20H,11-12H2,1H3,(H,18,19). The van der Waals surface area contributed by atoms with E-state index in [0.29, 0.717) is 11.5 Å². The van der Waals surface area contributed by atoms with Crippen molar-refractivity contribution >= 4 is 15.7 Å². The Kier molecular flexibility index (Phi) is 5.94. The van der Waals surface area contributed by atoms with Crippen molar-refractivity contribution in [3.8, 4) is 11.5 Å². The second-order valence-electron chi connectivity index (χ2n) is 5.37. The maximum absolute atomic E-state index is 12.3. The molecule has 6 nitrogen and oxygen atoms in total. The van der Waals surface area contributed by atoms with E-state index in [1.807, 2.05) is 18.2 Å². The van der Waals surface area contributed by atoms with Crippen molar-refractivity contribution in [2.45, 2.75) is 18.2 Å². The molecule has 2 aromatic carbocycles. The summed E-state index contributed by atoms with van der Waals surface area (Å²) < 4.78 is 30.2. The summed E-state index contributed by atoms with van der Waals surface area (Å²) in [6.07, 6.45) is 0.122. The molecule has 2 aromatic rings. The lowest BCUT2D eigenvalue weighted by molar-refractivity contribution is -0.132. The fourth-order valence-electron chi connectivity index (χ4n) is 2.03. The Balaban J connectivity index is 2.02. The minimum atomic E-state index is -3.50. The minimum absolute atomic E-state index is 0.122. The third kappa shape index (κ3) is 4.81. The summed E-state index contributed by atoms with van der Waals surface area (Å²) in [5.41, 5.74) is 1.52. The molecule has 0 spiro atoms. The van der Waals surface area contributed by atoms with Crippen molar-refractivity contribution in [3.05, 3.63) is 54.6 Å². The number of nitrogens with one attached hydrogen (secondary N) is 1. The van der Waals surface area contributed by atoms with Gasteiger partial charge in [-0.15, -0.1) is 0 Å². The normalized spacial score (nSPS) is 12.4. The average Bonchev–Trinajstić information content (AvgIpc) is 2.60. The van der Waals surface area contributed by atoms with Gasteiger partial charge in [0, 0.05) is 5.92 Å². The summed E-state index contributed by atoms with van der Waals surface area (Å²) in [6, 6.07) is 15.3. The number of sulfone groups is 1. The third-order valence-electron chi connectivity index (χ3n) is 3.54. The van der Waals surface area contributed by atoms with Crippen LogP contribution in [0, 0.1) is 5.92 Å². The van der Waals surface area contributed by atoms with E-state index in [4.69, 9.17) is 9.94 Å². The summed E-state index contributed by atoms with van der Waals surface area (Å²) in [5, 5.41) is 8.54. The van der Waals surface area contributed by atoms with Crippen molar-refractivity contribution < 1.29 is 23.2 Å². The molecular formula is C17H19NO5S. The second kappa shape index (κ2) is 7.94. The van der Waals surface area contributed by atoms with Crippen molar-refractivity contribution in [1.82, 2.24) is 5.48 Å². The Morgan fingerprint density at radius 1 is 1.08 bits per heavy atom. The molecule has 0 saturated heterocycles. The van der Waals surface area contributed by atoms with Gasteiger partial charge < -0.3 is 4.74 Å². The highest BCUT2D eigenvalue weighted by Crippen LogP contribution is 2.23. The summed E-state index contributed by atoms with van der Waals surface area (Å²) in [6.45, 7) is 1.55. The lowest BCUT2D eigenvalue weighted by Crippen LogP contribution is -2.27. The summed E-state index contributed by atoms with van der Waals surface area (Å²) in [4.78, 5) is 11.4. The zero-order valence-corrected chi connectivity index (χ0v) is 14.0. The van der Waals surface area contributed by atoms with Crippen LogP contribution < -0.4 is 10.2 Å². The van der Waals surface area contributed by atoms with E-state index in [-0.39, 0.29) is 17.1 Å². The predicted molar refractivity (Wildman–Crippen MR) is 88.7 cm³/mol. The number of carbonyl (C=O) groups is 1. The number of carbonyl (C=O) groups excluding carboxylic acids is 1. The van der Waals surface area contributed by atoms with Gasteiger partial charge in [-0.1, -0.05) is 25.1 Å². The first-order valence-electron chi connectivity index (χ1n) is 7.42. The molecule has 0 bridgehead atoms. The first kappa shape index (κ1) is 18.0. The number of benzene rings is 2. The van der Waals surface area contributed by atoms with Crippen molar-refractivity contribution in [2.24, 2.45) is 5.92 Å². The number of para-hydroxylation sites is 1. The van der Waals surface area contributed by atoms with E-state index >= 15 is 0 Å². The highest BCUT2D eigenvalue weighted by molar-refractivity contribution is 7.91. The molecule has 1 amide bonds. The molecule has 128 valence electrons. The molecule has 2 N–H and O–H groups in total. The molecular weight excluding hydrogens is 330 g/mol. The SMILES string of the molecule is CC(CCS(=O)(=O)c1ccc(Oc2ccccc2)cc1)C(=O)NO. The maximum atomic E-state index is 12.3. The lowest BCUT2D eigenvalue weighted by atomic mass is 10.1. The Labute approximate surface area is 141 Å². The number of hydroxylamine groups is 1. The smallest absolute Gasteiger partial charge is 0.246 e. The van der Waals surface area contributed by atoms with E-state index in [0.717, 1.165) is 0 Å². The van der Waals surface area contributed by atoms with Crippen molar-refractivity contribution in [3.63, 3.8) is 0 Å². The molecule has 0 heterocycles. The summed E-state index contributed by atoms with van der Waals surface area (Å²) >= 11 is 0. The van der Waals surface area contributed by atoms with E-state index in [2.05, 4.69) is 0 Å². The van der Waals surface area contributed by atoms with Gasteiger partial charge in [0.2, 0.25) is 5.91 Å². The van der Waals surface area contributed by atoms with Gasteiger partial charge in [0.15, 0.2) is 9.84 Å². The fraction of sp³-hybridized carbons (Fsp3) is 0.235. The number of rotatable bonds is 7. The monoisotopic (exact) mass is 349 g/mol. The van der Waals surface area contributed by atoms with Gasteiger partial charge in [-0.25, -0.2) is 13.9 Å². The van der Waals surface area contributed by atoms with E-state index in [1.54, 1.807) is 31.2 Å². The Hall–Kier alpha value is -2.38. The van der Waals surface area contributed by atoms with Crippen LogP contribution >= 0.6 is 0 Å². The van der Waals surface area contributed by atoms with Crippen LogP contribution in [0.2, 0.25) is 0 Å². The highest BCUT2D eigenvalue weighted by atomic mass is 32.2. The zero-order valence-electron chi connectivity index (χ0n) is 13.2. The second-order valence-corrected chi connectivity index (χ2v) is 7.48. The van der Waals surface area contributed by atoms with Crippen molar-refractivity contribution in [1.29, 1.82) is 0 Å². The zero-order chi connectivity index (χ0) is 17.6. The van der Waals surface area contributed by atoms with Gasteiger partial charge in [-0.2, -0.15) is 0 Å². The first-order valence-corrected chi connectivity index (χ1v) is 9.07. The third-order valence-corrected chi connectivity index (χ3v) is 5.30. The van der Waals surface area contributed by atoms with Crippen molar-refractivity contribution in [2.75, 3.05) is 5.75 Å². The van der Waals surface area contributed by atoms with E-state index < -0.39 is 21.7 Å². The number of ether oxygens (including phenoxy) is 1. The predicted octanol–water partition coefficient (Wildman–Crippen LogP) is 2.78. The fourth-order valence-corrected chi connectivity index (χ4v) is 3.48. The Bertz CT molecular complexity index is 772. The molecule has 0 radical (unpaired) electrons. The largest absolute Gasteiger partial charge is 0.457 e. The maximum Gasteiger partial charge on any atom is 0.246 e. The molecule has 1 atom stereocenters. The van der Waals surface area contributed by atoms with Crippen LogP contribution in [0.3, 0.4) is 0 Å².